The molecule has 90 valence electrons. The summed E-state index contributed by atoms with van der Waals surface area (Å²) in [5, 5.41) is 3.78. The maximum absolute atomic E-state index is 5.64. The number of nitrogens with two attached hydrogens (primary N) is 1. The Morgan fingerprint density at radius 1 is 1.35 bits per heavy atom. The molecule has 1 fully saturated rings. The SMILES string of the molecule is Nc1nc(-c2cnc(CN3CCCC3)s2)cs1. The van der Waals surface area contributed by atoms with Crippen LogP contribution in [0.5, 0.6) is 0 Å². The zero-order chi connectivity index (χ0) is 11.7. The Kier molecular flexibility index (Phi) is 3.09. The fourth-order valence-electron chi connectivity index (χ4n) is 2.03. The van der Waals surface area contributed by atoms with E-state index in [4.69, 9.17) is 5.73 Å². The Bertz CT molecular complexity index is 499. The van der Waals surface area contributed by atoms with Gasteiger partial charge in [-0.2, -0.15) is 0 Å². The number of hydrogen-bond donors (Lipinski definition) is 1. The summed E-state index contributed by atoms with van der Waals surface area (Å²) in [7, 11) is 0. The minimum atomic E-state index is 0.620. The highest BCUT2D eigenvalue weighted by atomic mass is 32.1. The van der Waals surface area contributed by atoms with Crippen LogP contribution >= 0.6 is 22.7 Å². The van der Waals surface area contributed by atoms with Gasteiger partial charge in [-0.15, -0.1) is 22.7 Å². The summed E-state index contributed by atoms with van der Waals surface area (Å²) in [5.41, 5.74) is 6.59. The number of thiazole rings is 2. The Morgan fingerprint density at radius 2 is 2.18 bits per heavy atom. The topological polar surface area (TPSA) is 55.0 Å². The predicted octanol–water partition coefficient (Wildman–Crippen LogP) is 2.44. The number of nitrogens with zero attached hydrogens (tertiary/aromatic N) is 3. The summed E-state index contributed by atoms with van der Waals surface area (Å²) in [5.74, 6) is 0. The monoisotopic (exact) mass is 266 g/mol. The van der Waals surface area contributed by atoms with E-state index in [1.807, 2.05) is 11.6 Å². The largest absolute Gasteiger partial charge is 0.375 e. The lowest BCUT2D eigenvalue weighted by atomic mass is 10.4. The Hall–Kier alpha value is -0.980. The van der Waals surface area contributed by atoms with Crippen molar-refractivity contribution >= 4 is 27.8 Å². The molecule has 2 aromatic rings. The van der Waals surface area contributed by atoms with Gasteiger partial charge in [-0.1, -0.05) is 0 Å². The number of hydrogen-bond acceptors (Lipinski definition) is 6. The first kappa shape index (κ1) is 11.1. The van der Waals surface area contributed by atoms with Crippen LogP contribution in [0.2, 0.25) is 0 Å². The van der Waals surface area contributed by atoms with Crippen LogP contribution in [0, 0.1) is 0 Å². The summed E-state index contributed by atoms with van der Waals surface area (Å²) < 4.78 is 0. The first-order valence-electron chi connectivity index (χ1n) is 5.70. The average Bonchev–Trinajstić information content (AvgIpc) is 2.99. The van der Waals surface area contributed by atoms with Gasteiger partial charge < -0.3 is 5.73 Å². The van der Waals surface area contributed by atoms with Crippen LogP contribution in [0.25, 0.3) is 10.6 Å². The molecule has 0 aliphatic carbocycles. The summed E-state index contributed by atoms with van der Waals surface area (Å²) in [6.45, 7) is 3.39. The fraction of sp³-hybridized carbons (Fsp3) is 0.455. The van der Waals surface area contributed by atoms with Crippen molar-refractivity contribution in [3.63, 3.8) is 0 Å². The van der Waals surface area contributed by atoms with Crippen molar-refractivity contribution in [3.8, 4) is 10.6 Å². The summed E-state index contributed by atoms with van der Waals surface area (Å²) in [4.78, 5) is 12.3. The molecule has 0 unspecified atom stereocenters. The minimum Gasteiger partial charge on any atom is -0.375 e. The Balaban J connectivity index is 1.73. The lowest BCUT2D eigenvalue weighted by molar-refractivity contribution is 0.331. The van der Waals surface area contributed by atoms with Crippen LogP contribution in [-0.2, 0) is 6.54 Å². The van der Waals surface area contributed by atoms with Crippen molar-refractivity contribution < 1.29 is 0 Å². The van der Waals surface area contributed by atoms with E-state index in [2.05, 4.69) is 14.9 Å². The second-order valence-corrected chi connectivity index (χ2v) is 6.18. The van der Waals surface area contributed by atoms with E-state index in [1.165, 1.54) is 42.3 Å². The molecule has 6 heteroatoms. The molecule has 17 heavy (non-hydrogen) atoms. The van der Waals surface area contributed by atoms with Crippen LogP contribution in [0.4, 0.5) is 5.13 Å². The molecule has 2 N–H and O–H groups in total. The van der Waals surface area contributed by atoms with Crippen LogP contribution in [0.15, 0.2) is 11.6 Å². The molecule has 0 radical (unpaired) electrons. The van der Waals surface area contributed by atoms with Crippen LogP contribution in [-0.4, -0.2) is 28.0 Å². The van der Waals surface area contributed by atoms with E-state index < -0.39 is 0 Å². The van der Waals surface area contributed by atoms with Gasteiger partial charge in [0.1, 0.15) is 5.01 Å². The summed E-state index contributed by atoms with van der Waals surface area (Å²) >= 11 is 3.20. The molecule has 1 aliphatic rings. The van der Waals surface area contributed by atoms with E-state index in [0.29, 0.717) is 5.13 Å². The maximum Gasteiger partial charge on any atom is 0.180 e. The van der Waals surface area contributed by atoms with Crippen LogP contribution in [0.1, 0.15) is 17.8 Å². The molecular weight excluding hydrogens is 252 g/mol. The highest BCUT2D eigenvalue weighted by Gasteiger charge is 2.14. The van der Waals surface area contributed by atoms with Gasteiger partial charge in [0.05, 0.1) is 17.1 Å². The average molecular weight is 266 g/mol. The first-order valence-corrected chi connectivity index (χ1v) is 7.39. The minimum absolute atomic E-state index is 0.620. The zero-order valence-electron chi connectivity index (χ0n) is 9.43. The number of rotatable bonds is 3. The van der Waals surface area contributed by atoms with E-state index in [0.717, 1.165) is 17.1 Å². The standard InChI is InChI=1S/C11H14N4S2/c12-11-14-8(7-16-11)9-5-13-10(17-9)6-15-3-1-2-4-15/h5,7H,1-4,6H2,(H2,12,14). The Morgan fingerprint density at radius 3 is 2.88 bits per heavy atom. The van der Waals surface area contributed by atoms with Gasteiger partial charge in [-0.25, -0.2) is 9.97 Å². The molecule has 0 amide bonds. The van der Waals surface area contributed by atoms with E-state index >= 15 is 0 Å². The van der Waals surface area contributed by atoms with Crippen LogP contribution in [0.3, 0.4) is 0 Å². The fourth-order valence-corrected chi connectivity index (χ4v) is 3.59. The molecule has 0 atom stereocenters. The van der Waals surface area contributed by atoms with E-state index in [9.17, 15) is 0 Å². The second-order valence-electron chi connectivity index (χ2n) is 4.17. The number of likely N-dealkylation sites (tertiary alicyclic amines) is 1. The zero-order valence-corrected chi connectivity index (χ0v) is 11.1. The van der Waals surface area contributed by atoms with Gasteiger partial charge in [0.25, 0.3) is 0 Å². The molecule has 0 bridgehead atoms. The molecule has 1 aliphatic heterocycles. The quantitative estimate of drug-likeness (QED) is 0.927. The molecule has 3 heterocycles. The molecule has 0 spiro atoms. The summed E-state index contributed by atoms with van der Waals surface area (Å²) in [6.07, 6.45) is 4.55. The third kappa shape index (κ3) is 2.48. The molecule has 1 saturated heterocycles. The first-order chi connectivity index (χ1) is 8.31. The molecule has 2 aromatic heterocycles. The summed E-state index contributed by atoms with van der Waals surface area (Å²) in [6, 6.07) is 0. The van der Waals surface area contributed by atoms with Crippen molar-refractivity contribution in [1.82, 2.24) is 14.9 Å². The van der Waals surface area contributed by atoms with Gasteiger partial charge >= 0.3 is 0 Å². The van der Waals surface area contributed by atoms with Gasteiger partial charge in [0.2, 0.25) is 0 Å². The normalized spacial score (nSPS) is 16.7. The number of nitrogen functional groups attached to an aromatic ring is 1. The maximum atomic E-state index is 5.64. The highest BCUT2D eigenvalue weighted by Crippen LogP contribution is 2.29. The second kappa shape index (κ2) is 4.72. The van der Waals surface area contributed by atoms with Crippen molar-refractivity contribution in [2.75, 3.05) is 18.8 Å². The number of aromatic nitrogens is 2. The van der Waals surface area contributed by atoms with Crippen LogP contribution < -0.4 is 5.73 Å². The van der Waals surface area contributed by atoms with Crippen molar-refractivity contribution in [2.24, 2.45) is 0 Å². The van der Waals surface area contributed by atoms with E-state index in [1.54, 1.807) is 11.3 Å². The molecule has 0 aromatic carbocycles. The smallest absolute Gasteiger partial charge is 0.180 e. The molecule has 0 saturated carbocycles. The van der Waals surface area contributed by atoms with Gasteiger partial charge in [-0.05, 0) is 25.9 Å². The Labute approximate surface area is 108 Å². The lowest BCUT2D eigenvalue weighted by Gasteiger charge is -2.11. The lowest BCUT2D eigenvalue weighted by Crippen LogP contribution is -2.17. The third-order valence-corrected chi connectivity index (χ3v) is 4.56. The van der Waals surface area contributed by atoms with Gasteiger partial charge in [0.15, 0.2) is 5.13 Å². The van der Waals surface area contributed by atoms with Crippen molar-refractivity contribution in [1.29, 1.82) is 0 Å². The highest BCUT2D eigenvalue weighted by molar-refractivity contribution is 7.16. The third-order valence-electron chi connectivity index (χ3n) is 2.89. The molecular formula is C11H14N4S2. The van der Waals surface area contributed by atoms with Gasteiger partial charge in [-0.3, -0.25) is 4.90 Å². The number of anilines is 1. The molecule has 4 nitrogen and oxygen atoms in total. The van der Waals surface area contributed by atoms with Crippen molar-refractivity contribution in [2.45, 2.75) is 19.4 Å². The van der Waals surface area contributed by atoms with E-state index in [-0.39, 0.29) is 0 Å². The molecule has 3 rings (SSSR count). The predicted molar refractivity (Wildman–Crippen MR) is 72.1 cm³/mol. The van der Waals surface area contributed by atoms with Gasteiger partial charge in [0, 0.05) is 11.6 Å². The van der Waals surface area contributed by atoms with Crippen molar-refractivity contribution in [3.05, 3.63) is 16.6 Å².